The second-order valence-electron chi connectivity index (χ2n) is 10.1. The van der Waals surface area contributed by atoms with Gasteiger partial charge in [0.1, 0.15) is 0 Å². The normalized spacial score (nSPS) is 42.9. The van der Waals surface area contributed by atoms with Gasteiger partial charge in [-0.05, 0) is 89.3 Å². The average molecular weight is 346 g/mol. The van der Waals surface area contributed by atoms with Gasteiger partial charge < -0.3 is 9.80 Å². The molecule has 4 saturated carbocycles. The molecular weight excluding hydrogens is 310 g/mol. The summed E-state index contributed by atoms with van der Waals surface area (Å²) < 4.78 is 0. The van der Waals surface area contributed by atoms with E-state index in [1.54, 1.807) is 0 Å². The predicted octanol–water partition coefficient (Wildman–Crippen LogP) is 2.44. The first-order valence-corrected chi connectivity index (χ1v) is 10.8. The summed E-state index contributed by atoms with van der Waals surface area (Å²) in [6, 6.07) is 0.757. The molecule has 25 heavy (non-hydrogen) atoms. The van der Waals surface area contributed by atoms with Crippen molar-refractivity contribution in [3.05, 3.63) is 0 Å². The van der Waals surface area contributed by atoms with E-state index in [4.69, 9.17) is 0 Å². The number of carbonyl (C=O) groups is 1. The monoisotopic (exact) mass is 345 g/mol. The zero-order valence-corrected chi connectivity index (χ0v) is 16.0. The molecule has 6 fully saturated rings. The Kier molecular flexibility index (Phi) is 4.12. The number of amides is 1. The summed E-state index contributed by atoms with van der Waals surface area (Å²) in [5, 5.41) is 0. The number of piperazine rings is 1. The summed E-state index contributed by atoms with van der Waals surface area (Å²) in [5.41, 5.74) is 0.0600. The molecule has 0 aromatic carbocycles. The summed E-state index contributed by atoms with van der Waals surface area (Å²) >= 11 is 0. The molecule has 2 aliphatic heterocycles. The highest BCUT2D eigenvalue weighted by Crippen LogP contribution is 2.60. The Morgan fingerprint density at radius 1 is 0.800 bits per heavy atom. The fraction of sp³-hybridized carbons (Fsp3) is 0.952. The van der Waals surface area contributed by atoms with E-state index in [2.05, 4.69) is 21.7 Å². The Morgan fingerprint density at radius 2 is 1.32 bits per heavy atom. The van der Waals surface area contributed by atoms with Crippen LogP contribution < -0.4 is 0 Å². The number of hydrogen-bond acceptors (Lipinski definition) is 3. The van der Waals surface area contributed by atoms with Crippen LogP contribution in [0.1, 0.15) is 51.4 Å². The second kappa shape index (κ2) is 6.23. The third-order valence-electron chi connectivity index (χ3n) is 8.30. The maximum absolute atomic E-state index is 13.5. The number of rotatable bonds is 2. The van der Waals surface area contributed by atoms with Gasteiger partial charge in [-0.3, -0.25) is 9.69 Å². The fourth-order valence-corrected chi connectivity index (χ4v) is 7.36. The van der Waals surface area contributed by atoms with E-state index in [1.165, 1.54) is 64.5 Å². The number of likely N-dealkylation sites (tertiary alicyclic amines) is 1. The van der Waals surface area contributed by atoms with E-state index in [1.807, 2.05) is 0 Å². The lowest BCUT2D eigenvalue weighted by atomic mass is 9.49. The molecule has 0 radical (unpaired) electrons. The smallest absolute Gasteiger partial charge is 0.228 e. The Hall–Kier alpha value is -0.610. The van der Waals surface area contributed by atoms with Crippen LogP contribution in [0, 0.1) is 23.2 Å². The zero-order valence-electron chi connectivity index (χ0n) is 16.0. The molecule has 1 amide bonds. The first-order chi connectivity index (χ1) is 12.1. The third kappa shape index (κ3) is 2.93. The van der Waals surface area contributed by atoms with Crippen LogP contribution in [0.25, 0.3) is 0 Å². The van der Waals surface area contributed by atoms with Crippen LogP contribution in [0.5, 0.6) is 0 Å². The van der Waals surface area contributed by atoms with Crippen molar-refractivity contribution in [2.24, 2.45) is 23.2 Å². The van der Waals surface area contributed by atoms with Gasteiger partial charge in [-0.25, -0.2) is 0 Å². The lowest BCUT2D eigenvalue weighted by Crippen LogP contribution is -2.59. The van der Waals surface area contributed by atoms with Crippen molar-refractivity contribution in [2.75, 3.05) is 46.3 Å². The summed E-state index contributed by atoms with van der Waals surface area (Å²) in [6.07, 6.45) is 10.5. The van der Waals surface area contributed by atoms with E-state index in [0.29, 0.717) is 5.91 Å². The highest BCUT2D eigenvalue weighted by molar-refractivity contribution is 5.83. The molecule has 4 bridgehead atoms. The van der Waals surface area contributed by atoms with Crippen LogP contribution in [0.2, 0.25) is 0 Å². The van der Waals surface area contributed by atoms with Crippen LogP contribution in [0.3, 0.4) is 0 Å². The van der Waals surface area contributed by atoms with E-state index >= 15 is 0 Å². The van der Waals surface area contributed by atoms with E-state index < -0.39 is 0 Å². The predicted molar refractivity (Wildman–Crippen MR) is 99.3 cm³/mol. The molecule has 4 nitrogen and oxygen atoms in total. The molecule has 0 unspecified atom stereocenters. The first-order valence-electron chi connectivity index (χ1n) is 10.8. The van der Waals surface area contributed by atoms with Crippen LogP contribution in [0.15, 0.2) is 0 Å². The lowest BCUT2D eigenvalue weighted by Gasteiger charge is -2.57. The Bertz CT molecular complexity index is 482. The van der Waals surface area contributed by atoms with E-state index in [9.17, 15) is 4.79 Å². The van der Waals surface area contributed by atoms with E-state index in [0.717, 1.165) is 50.0 Å². The van der Waals surface area contributed by atoms with Crippen LogP contribution in [-0.2, 0) is 4.79 Å². The molecule has 0 aromatic rings. The van der Waals surface area contributed by atoms with Gasteiger partial charge in [-0.2, -0.15) is 0 Å². The van der Waals surface area contributed by atoms with Crippen molar-refractivity contribution in [2.45, 2.75) is 57.4 Å². The first kappa shape index (κ1) is 16.6. The number of piperidine rings is 1. The summed E-state index contributed by atoms with van der Waals surface area (Å²) in [7, 11) is 2.23. The Balaban J connectivity index is 1.20. The molecule has 2 saturated heterocycles. The molecule has 0 N–H and O–H groups in total. The van der Waals surface area contributed by atoms with Crippen LogP contribution >= 0.6 is 0 Å². The molecule has 6 aliphatic rings. The van der Waals surface area contributed by atoms with Crippen molar-refractivity contribution < 1.29 is 4.79 Å². The highest BCUT2D eigenvalue weighted by atomic mass is 16.2. The molecule has 0 aromatic heterocycles. The largest absolute Gasteiger partial charge is 0.340 e. The van der Waals surface area contributed by atoms with Gasteiger partial charge in [0, 0.05) is 32.2 Å². The topological polar surface area (TPSA) is 26.8 Å². The zero-order chi connectivity index (χ0) is 17.0. The minimum absolute atomic E-state index is 0.0600. The Morgan fingerprint density at radius 3 is 1.84 bits per heavy atom. The number of hydrogen-bond donors (Lipinski definition) is 0. The quantitative estimate of drug-likeness (QED) is 0.769. The fourth-order valence-electron chi connectivity index (χ4n) is 7.36. The van der Waals surface area contributed by atoms with Gasteiger partial charge in [-0.1, -0.05) is 0 Å². The van der Waals surface area contributed by atoms with E-state index in [-0.39, 0.29) is 5.41 Å². The molecule has 0 spiro atoms. The van der Waals surface area contributed by atoms with Crippen molar-refractivity contribution in [1.29, 1.82) is 0 Å². The summed E-state index contributed by atoms with van der Waals surface area (Å²) in [4.78, 5) is 20.9. The lowest BCUT2D eigenvalue weighted by molar-refractivity contribution is -0.159. The molecule has 140 valence electrons. The van der Waals surface area contributed by atoms with Crippen molar-refractivity contribution >= 4 is 5.91 Å². The van der Waals surface area contributed by atoms with Crippen molar-refractivity contribution in [3.8, 4) is 0 Å². The number of nitrogens with zero attached hydrogens (tertiary/aromatic N) is 3. The summed E-state index contributed by atoms with van der Waals surface area (Å²) in [6.45, 7) is 6.63. The van der Waals surface area contributed by atoms with Gasteiger partial charge in [0.2, 0.25) is 5.91 Å². The summed E-state index contributed by atoms with van der Waals surface area (Å²) in [5.74, 6) is 3.16. The molecular formula is C21H35N3O. The molecule has 6 rings (SSSR count). The van der Waals surface area contributed by atoms with Gasteiger partial charge in [0.15, 0.2) is 0 Å². The standard InChI is InChI=1S/C21H35N3O/c1-22-4-2-19(3-5-22)23-6-8-24(9-7-23)20(25)21-13-16-10-17(14-21)12-18(11-16)15-21/h16-19H,2-15H2,1H3. The minimum Gasteiger partial charge on any atom is -0.340 e. The number of carbonyl (C=O) groups excluding carboxylic acids is 1. The molecule has 2 heterocycles. The average Bonchev–Trinajstić information content (AvgIpc) is 2.61. The maximum Gasteiger partial charge on any atom is 0.228 e. The second-order valence-corrected chi connectivity index (χ2v) is 10.1. The van der Waals surface area contributed by atoms with Gasteiger partial charge in [0.05, 0.1) is 5.41 Å². The molecule has 0 atom stereocenters. The third-order valence-corrected chi connectivity index (χ3v) is 8.30. The maximum atomic E-state index is 13.5. The van der Waals surface area contributed by atoms with Crippen molar-refractivity contribution in [3.63, 3.8) is 0 Å². The van der Waals surface area contributed by atoms with Gasteiger partial charge >= 0.3 is 0 Å². The van der Waals surface area contributed by atoms with Gasteiger partial charge in [0.25, 0.3) is 0 Å². The molecule has 4 heteroatoms. The van der Waals surface area contributed by atoms with Gasteiger partial charge in [-0.15, -0.1) is 0 Å². The van der Waals surface area contributed by atoms with Crippen molar-refractivity contribution in [1.82, 2.24) is 14.7 Å². The van der Waals surface area contributed by atoms with Crippen LogP contribution in [-0.4, -0.2) is 73.0 Å². The SMILES string of the molecule is CN1CCC(N2CCN(C(=O)C34CC5CC(CC(C5)C3)C4)CC2)CC1. The highest BCUT2D eigenvalue weighted by Gasteiger charge is 2.55. The Labute approximate surface area is 152 Å². The van der Waals surface area contributed by atoms with Crippen LogP contribution in [0.4, 0.5) is 0 Å². The molecule has 4 aliphatic carbocycles. The minimum atomic E-state index is 0.0600.